The first-order valence-electron chi connectivity index (χ1n) is 1.29. The molecule has 0 radical (unpaired) electrons. The fourth-order valence-electron chi connectivity index (χ4n) is 0.0720. The first kappa shape index (κ1) is 15.6. The van der Waals surface area contributed by atoms with Gasteiger partial charge in [-0.2, -0.15) is 0 Å². The van der Waals surface area contributed by atoms with Gasteiger partial charge < -0.3 is 29.9 Å². The Hall–Kier alpha value is -0.367. The van der Waals surface area contributed by atoms with Crippen molar-refractivity contribution >= 4 is 12.2 Å². The average molecular weight is 165 g/mol. The Morgan fingerprint density at radius 2 is 2.12 bits per heavy atom. The van der Waals surface area contributed by atoms with Crippen molar-refractivity contribution in [1.29, 1.82) is 0 Å². The maximum Gasteiger partial charge on any atom is 0 e. The van der Waals surface area contributed by atoms with Crippen molar-refractivity contribution in [2.24, 2.45) is 10.7 Å². The van der Waals surface area contributed by atoms with Gasteiger partial charge in [0.05, 0.1) is 0 Å². The van der Waals surface area contributed by atoms with Crippen LogP contribution in [0, 0.1) is 14.4 Å². The molecule has 0 saturated carbocycles. The van der Waals surface area contributed by atoms with Crippen LogP contribution in [-0.2, 0) is 24.3 Å². The second-order valence-electron chi connectivity index (χ2n) is 0.635. The molecule has 0 spiro atoms. The molecule has 0 saturated heterocycles. The zero-order valence-corrected chi connectivity index (χ0v) is 7.81. The largest absolute Gasteiger partial charge is 0.473 e. The molecule has 0 aliphatic heterocycles. The van der Waals surface area contributed by atoms with Gasteiger partial charge in [-0.1, -0.05) is 12.2 Å². The summed E-state index contributed by atoms with van der Waals surface area (Å²) in [5, 5.41) is 0. The van der Waals surface area contributed by atoms with Gasteiger partial charge in [-0.15, -0.1) is 0 Å². The molecule has 0 aromatic rings. The third-order valence-electron chi connectivity index (χ3n) is 0.189. The molecule has 1 amide bonds. The molecule has 0 rings (SSSR count). The summed E-state index contributed by atoms with van der Waals surface area (Å²) in [7, 11) is 0. The molecule has 0 heterocycles. The van der Waals surface area contributed by atoms with E-state index in [0.29, 0.717) is 0 Å². The van der Waals surface area contributed by atoms with Gasteiger partial charge in [0.1, 0.15) is 0 Å². The SMILES string of the molecule is [CH2-]C(=O)N=[C-]N.[CH3-].[Zn]. The van der Waals surface area contributed by atoms with Crippen molar-refractivity contribution in [3.05, 3.63) is 14.4 Å². The summed E-state index contributed by atoms with van der Waals surface area (Å²) in [5.74, 6) is -0.572. The monoisotopic (exact) mass is 163 g/mol. The summed E-state index contributed by atoms with van der Waals surface area (Å²) in [6.45, 7) is 2.88. The van der Waals surface area contributed by atoms with Gasteiger partial charge in [0.15, 0.2) is 0 Å². The van der Waals surface area contributed by atoms with E-state index in [-0.39, 0.29) is 26.9 Å². The summed E-state index contributed by atoms with van der Waals surface area (Å²) in [6, 6.07) is 0. The van der Waals surface area contributed by atoms with Crippen LogP contribution in [0.5, 0.6) is 0 Å². The van der Waals surface area contributed by atoms with Crippen LogP contribution in [0.2, 0.25) is 0 Å². The van der Waals surface area contributed by atoms with E-state index < -0.39 is 5.91 Å². The zero-order valence-electron chi connectivity index (χ0n) is 4.85. The van der Waals surface area contributed by atoms with Crippen LogP contribution >= 0.6 is 0 Å². The predicted octanol–water partition coefficient (Wildman–Crippen LogP) is -0.341. The Bertz CT molecular complexity index is 82.1. The summed E-state index contributed by atoms with van der Waals surface area (Å²) < 4.78 is 0. The zero-order chi connectivity index (χ0) is 4.99. The van der Waals surface area contributed by atoms with Gasteiger partial charge in [-0.3, -0.25) is 0 Å². The number of aliphatic imine (C=N–C) groups is 1. The van der Waals surface area contributed by atoms with Crippen molar-refractivity contribution < 1.29 is 24.3 Å². The quantitative estimate of drug-likeness (QED) is 0.175. The van der Waals surface area contributed by atoms with Crippen LogP contribution < -0.4 is 5.73 Å². The van der Waals surface area contributed by atoms with Crippen molar-refractivity contribution in [2.45, 2.75) is 0 Å². The number of nitrogens with two attached hydrogens (primary N) is 1. The summed E-state index contributed by atoms with van der Waals surface area (Å²) in [5.41, 5.74) is 4.55. The van der Waals surface area contributed by atoms with E-state index in [1.54, 1.807) is 6.34 Å². The number of nitrogens with zero attached hydrogens (tertiary/aromatic N) is 1. The Labute approximate surface area is 62.1 Å². The molecule has 0 aliphatic carbocycles. The minimum atomic E-state index is -0.572. The van der Waals surface area contributed by atoms with E-state index in [4.69, 9.17) is 0 Å². The number of hydrogen-bond acceptors (Lipinski definition) is 1. The van der Waals surface area contributed by atoms with E-state index in [1.165, 1.54) is 0 Å². The fraction of sp³-hybridized carbons (Fsp3) is 0. The number of hydrogen-bond donors (Lipinski definition) is 1. The maximum absolute atomic E-state index is 9.62. The molecule has 0 aliphatic rings. The van der Waals surface area contributed by atoms with Crippen LogP contribution in [-0.4, -0.2) is 12.2 Å². The molecule has 0 fully saturated rings. The molecule has 0 aromatic carbocycles. The number of carbonyl (C=O) groups excluding carboxylic acids is 1. The molecule has 3 nitrogen and oxygen atoms in total. The van der Waals surface area contributed by atoms with Crippen molar-refractivity contribution in [2.75, 3.05) is 0 Å². The third kappa shape index (κ3) is 17.4. The van der Waals surface area contributed by atoms with Gasteiger partial charge in [-0.05, 0) is 0 Å². The van der Waals surface area contributed by atoms with E-state index in [2.05, 4.69) is 17.6 Å². The number of amides is 1. The second kappa shape index (κ2) is 9.81. The van der Waals surface area contributed by atoms with Crippen molar-refractivity contribution in [3.63, 3.8) is 0 Å². The summed E-state index contributed by atoms with van der Waals surface area (Å²) in [6.07, 6.45) is 1.78. The second-order valence-corrected chi connectivity index (χ2v) is 0.635. The standard InChI is InChI=1S/C3H4N2O.CH3.Zn/c1-3(6)5-2-4;;/h1H2,(H2,4,5,6);1H3;/q-2;-1;. The van der Waals surface area contributed by atoms with Gasteiger partial charge in [0.2, 0.25) is 0 Å². The predicted molar refractivity (Wildman–Crippen MR) is 28.4 cm³/mol. The van der Waals surface area contributed by atoms with Crippen molar-refractivity contribution in [3.8, 4) is 0 Å². The Morgan fingerprint density at radius 3 is 2.12 bits per heavy atom. The van der Waals surface area contributed by atoms with Gasteiger partial charge >= 0.3 is 0 Å². The normalized spacial score (nSPS) is 7.00. The van der Waals surface area contributed by atoms with Crippen LogP contribution in [0.3, 0.4) is 0 Å². The fourth-order valence-corrected chi connectivity index (χ4v) is 0.0720. The molecule has 0 bridgehead atoms. The number of rotatable bonds is 0. The summed E-state index contributed by atoms with van der Waals surface area (Å²) >= 11 is 0. The Morgan fingerprint density at radius 1 is 1.75 bits per heavy atom. The Kier molecular flexibility index (Phi) is 19.2. The van der Waals surface area contributed by atoms with E-state index in [9.17, 15) is 4.79 Å². The minimum absolute atomic E-state index is 0. The topological polar surface area (TPSA) is 55.5 Å². The molecule has 8 heavy (non-hydrogen) atoms. The average Bonchev–Trinajstić information content (AvgIpc) is 1.35. The Balaban J connectivity index is -0.000000125. The van der Waals surface area contributed by atoms with Gasteiger partial charge in [-0.25, -0.2) is 0 Å². The molecule has 4 heteroatoms. The van der Waals surface area contributed by atoms with Gasteiger partial charge in [0.25, 0.3) is 0 Å². The van der Waals surface area contributed by atoms with E-state index >= 15 is 0 Å². The first-order valence-corrected chi connectivity index (χ1v) is 1.29. The molecular formula is C4H7N2OZn-3. The smallest absolute Gasteiger partial charge is 0 e. The summed E-state index contributed by atoms with van der Waals surface area (Å²) in [4.78, 5) is 12.5. The van der Waals surface area contributed by atoms with Crippen LogP contribution in [0.15, 0.2) is 4.99 Å². The number of carbonyl (C=O) groups is 1. The minimum Gasteiger partial charge on any atom is -0.473 e. The van der Waals surface area contributed by atoms with Crippen LogP contribution in [0.25, 0.3) is 0 Å². The first-order chi connectivity index (χ1) is 2.77. The van der Waals surface area contributed by atoms with Crippen LogP contribution in [0.4, 0.5) is 0 Å². The molecule has 0 atom stereocenters. The maximum atomic E-state index is 9.62. The van der Waals surface area contributed by atoms with E-state index in [1.807, 2.05) is 0 Å². The molecular weight excluding hydrogens is 157 g/mol. The molecule has 0 aromatic heterocycles. The molecule has 0 unspecified atom stereocenters. The van der Waals surface area contributed by atoms with Crippen molar-refractivity contribution in [1.82, 2.24) is 0 Å². The van der Waals surface area contributed by atoms with E-state index in [0.717, 1.165) is 0 Å². The molecule has 2 N–H and O–H groups in total. The van der Waals surface area contributed by atoms with Crippen LogP contribution in [0.1, 0.15) is 0 Å². The molecule has 44 valence electrons. The third-order valence-corrected chi connectivity index (χ3v) is 0.189. The van der Waals surface area contributed by atoms with Gasteiger partial charge in [0, 0.05) is 19.5 Å².